The number of ether oxygens (including phenoxy) is 1. The largest absolute Gasteiger partial charge is 0.496 e. The van der Waals surface area contributed by atoms with Crippen LogP contribution in [0.3, 0.4) is 0 Å². The van der Waals surface area contributed by atoms with Crippen molar-refractivity contribution in [2.75, 3.05) is 7.11 Å². The van der Waals surface area contributed by atoms with Gasteiger partial charge >= 0.3 is 0 Å². The fourth-order valence-corrected chi connectivity index (χ4v) is 3.40. The van der Waals surface area contributed by atoms with Crippen LogP contribution in [0.1, 0.15) is 28.3 Å². The molecule has 2 aromatic carbocycles. The van der Waals surface area contributed by atoms with E-state index in [1.807, 2.05) is 24.3 Å². The molecule has 0 aromatic heterocycles. The van der Waals surface area contributed by atoms with Gasteiger partial charge in [-0.05, 0) is 54.8 Å². The fourth-order valence-electron chi connectivity index (χ4n) is 2.54. The summed E-state index contributed by atoms with van der Waals surface area (Å²) in [7, 11) is 1.68. The minimum Gasteiger partial charge on any atom is -0.496 e. The Morgan fingerprint density at radius 1 is 1.14 bits per heavy atom. The van der Waals surface area contributed by atoms with Crippen LogP contribution in [-0.4, -0.2) is 7.11 Å². The quantitative estimate of drug-likeness (QED) is 0.577. The lowest BCUT2D eigenvalue weighted by Crippen LogP contribution is -2.30. The Hall–Kier alpha value is -0.880. The first kappa shape index (κ1) is 16.5. The SMILES string of the molecule is COc1cc(C)cc(C)c1C(NN)c1cc(Br)ccc1Br. The number of hydrogen-bond acceptors (Lipinski definition) is 3. The number of nitrogens with two attached hydrogens (primary N) is 1. The van der Waals surface area contributed by atoms with E-state index in [1.54, 1.807) is 7.11 Å². The zero-order chi connectivity index (χ0) is 15.6. The molecule has 0 aliphatic rings. The van der Waals surface area contributed by atoms with Gasteiger partial charge in [0.2, 0.25) is 0 Å². The van der Waals surface area contributed by atoms with Gasteiger partial charge in [-0.2, -0.15) is 0 Å². The molecule has 5 heteroatoms. The van der Waals surface area contributed by atoms with Gasteiger partial charge in [-0.1, -0.05) is 37.9 Å². The van der Waals surface area contributed by atoms with E-state index in [4.69, 9.17) is 10.6 Å². The second kappa shape index (κ2) is 6.92. The van der Waals surface area contributed by atoms with E-state index in [0.29, 0.717) is 0 Å². The van der Waals surface area contributed by atoms with Crippen LogP contribution in [0.4, 0.5) is 0 Å². The maximum Gasteiger partial charge on any atom is 0.124 e. The van der Waals surface area contributed by atoms with Gasteiger partial charge in [0.05, 0.1) is 13.2 Å². The van der Waals surface area contributed by atoms with E-state index in [-0.39, 0.29) is 6.04 Å². The van der Waals surface area contributed by atoms with Crippen molar-refractivity contribution < 1.29 is 4.74 Å². The van der Waals surface area contributed by atoms with Gasteiger partial charge in [-0.15, -0.1) is 0 Å². The highest BCUT2D eigenvalue weighted by atomic mass is 79.9. The van der Waals surface area contributed by atoms with Gasteiger partial charge in [0.15, 0.2) is 0 Å². The minimum absolute atomic E-state index is 0.160. The maximum atomic E-state index is 5.84. The smallest absolute Gasteiger partial charge is 0.124 e. The summed E-state index contributed by atoms with van der Waals surface area (Å²) < 4.78 is 7.56. The monoisotopic (exact) mass is 412 g/mol. The predicted molar refractivity (Wildman–Crippen MR) is 93.5 cm³/mol. The van der Waals surface area contributed by atoms with Crippen LogP contribution in [0.5, 0.6) is 5.75 Å². The zero-order valence-corrected chi connectivity index (χ0v) is 15.4. The number of benzene rings is 2. The lowest BCUT2D eigenvalue weighted by atomic mass is 9.93. The number of aryl methyl sites for hydroxylation is 2. The second-order valence-corrected chi connectivity index (χ2v) is 6.73. The third-order valence-corrected chi connectivity index (χ3v) is 4.65. The Morgan fingerprint density at radius 3 is 2.48 bits per heavy atom. The first-order valence-corrected chi connectivity index (χ1v) is 8.12. The van der Waals surface area contributed by atoms with Crippen LogP contribution in [0.2, 0.25) is 0 Å². The molecule has 0 amide bonds. The highest BCUT2D eigenvalue weighted by molar-refractivity contribution is 9.11. The molecule has 0 aliphatic heterocycles. The first-order valence-electron chi connectivity index (χ1n) is 6.54. The number of hydrogen-bond donors (Lipinski definition) is 2. The zero-order valence-electron chi connectivity index (χ0n) is 12.2. The lowest BCUT2D eigenvalue weighted by Gasteiger charge is -2.23. The highest BCUT2D eigenvalue weighted by Gasteiger charge is 2.22. The Balaban J connectivity index is 2.64. The molecule has 0 bridgehead atoms. The minimum atomic E-state index is -0.160. The van der Waals surface area contributed by atoms with Gasteiger partial charge in [0.1, 0.15) is 5.75 Å². The van der Waals surface area contributed by atoms with E-state index in [2.05, 4.69) is 57.2 Å². The van der Waals surface area contributed by atoms with Gasteiger partial charge in [0, 0.05) is 14.5 Å². The van der Waals surface area contributed by atoms with Crippen LogP contribution < -0.4 is 16.0 Å². The first-order chi connectivity index (χ1) is 9.97. The summed E-state index contributed by atoms with van der Waals surface area (Å²) in [6, 6.07) is 10.0. The van der Waals surface area contributed by atoms with Gasteiger partial charge < -0.3 is 4.74 Å². The summed E-state index contributed by atoms with van der Waals surface area (Å²) >= 11 is 7.11. The Kier molecular flexibility index (Phi) is 5.43. The molecule has 2 aromatic rings. The van der Waals surface area contributed by atoms with Crippen molar-refractivity contribution in [1.82, 2.24) is 5.43 Å². The molecule has 0 spiro atoms. The average molecular weight is 414 g/mol. The van der Waals surface area contributed by atoms with Gasteiger partial charge in [-0.3, -0.25) is 5.84 Å². The van der Waals surface area contributed by atoms with Crippen LogP contribution in [0, 0.1) is 13.8 Å². The number of halogens is 2. The molecular formula is C16H18Br2N2O. The molecule has 112 valence electrons. The van der Waals surface area contributed by atoms with E-state index in [9.17, 15) is 0 Å². The normalized spacial score (nSPS) is 12.3. The van der Waals surface area contributed by atoms with E-state index < -0.39 is 0 Å². The summed E-state index contributed by atoms with van der Waals surface area (Å²) in [5.74, 6) is 6.68. The van der Waals surface area contributed by atoms with Gasteiger partial charge in [-0.25, -0.2) is 5.43 Å². The summed E-state index contributed by atoms with van der Waals surface area (Å²) in [6.07, 6.45) is 0. The lowest BCUT2D eigenvalue weighted by molar-refractivity contribution is 0.403. The van der Waals surface area contributed by atoms with Crippen molar-refractivity contribution in [2.45, 2.75) is 19.9 Å². The van der Waals surface area contributed by atoms with Crippen LogP contribution in [0.15, 0.2) is 39.3 Å². The average Bonchev–Trinajstić information content (AvgIpc) is 2.44. The number of nitrogens with one attached hydrogen (secondary N) is 1. The summed E-state index contributed by atoms with van der Waals surface area (Å²) in [6.45, 7) is 4.13. The Bertz CT molecular complexity index is 659. The molecule has 0 radical (unpaired) electrons. The number of methoxy groups -OCH3 is 1. The molecule has 21 heavy (non-hydrogen) atoms. The van der Waals surface area contributed by atoms with Crippen molar-refractivity contribution in [3.05, 3.63) is 61.5 Å². The molecule has 3 N–H and O–H groups in total. The van der Waals surface area contributed by atoms with E-state index in [0.717, 1.165) is 36.9 Å². The van der Waals surface area contributed by atoms with Crippen molar-refractivity contribution in [2.24, 2.45) is 5.84 Å². The second-order valence-electron chi connectivity index (χ2n) is 4.96. The molecule has 0 saturated heterocycles. The molecule has 0 aliphatic carbocycles. The van der Waals surface area contributed by atoms with Crippen molar-refractivity contribution in [3.8, 4) is 5.75 Å². The fraction of sp³-hybridized carbons (Fsp3) is 0.250. The highest BCUT2D eigenvalue weighted by Crippen LogP contribution is 2.37. The summed E-state index contributed by atoms with van der Waals surface area (Å²) in [5, 5.41) is 0. The molecule has 0 heterocycles. The van der Waals surface area contributed by atoms with E-state index >= 15 is 0 Å². The van der Waals surface area contributed by atoms with Crippen LogP contribution in [0.25, 0.3) is 0 Å². The van der Waals surface area contributed by atoms with Crippen molar-refractivity contribution >= 4 is 31.9 Å². The number of rotatable bonds is 4. The molecule has 0 fully saturated rings. The Labute approximate surface area is 142 Å². The molecule has 0 saturated carbocycles. The third-order valence-electron chi connectivity index (χ3n) is 3.44. The molecular weight excluding hydrogens is 396 g/mol. The molecule has 1 unspecified atom stereocenters. The summed E-state index contributed by atoms with van der Waals surface area (Å²) in [5.41, 5.74) is 7.31. The number of hydrazine groups is 1. The van der Waals surface area contributed by atoms with Crippen molar-refractivity contribution in [1.29, 1.82) is 0 Å². The standard InChI is InChI=1S/C16H18Br2N2O/c1-9-6-10(2)15(14(7-9)21-3)16(20-19)12-8-11(17)4-5-13(12)18/h4-8,16,20H,19H2,1-3H3. The van der Waals surface area contributed by atoms with Crippen LogP contribution >= 0.6 is 31.9 Å². The topological polar surface area (TPSA) is 47.3 Å². The predicted octanol–water partition coefficient (Wildman–Crippen LogP) is 4.39. The van der Waals surface area contributed by atoms with Crippen LogP contribution in [-0.2, 0) is 0 Å². The molecule has 3 nitrogen and oxygen atoms in total. The van der Waals surface area contributed by atoms with E-state index in [1.165, 1.54) is 0 Å². The molecule has 1 atom stereocenters. The third kappa shape index (κ3) is 3.48. The summed E-state index contributed by atoms with van der Waals surface area (Å²) in [4.78, 5) is 0. The van der Waals surface area contributed by atoms with Crippen molar-refractivity contribution in [3.63, 3.8) is 0 Å². The molecule has 2 rings (SSSR count). The maximum absolute atomic E-state index is 5.84. The van der Waals surface area contributed by atoms with Gasteiger partial charge in [0.25, 0.3) is 0 Å². The Morgan fingerprint density at radius 2 is 1.86 bits per heavy atom.